The van der Waals surface area contributed by atoms with Crippen LogP contribution in [-0.4, -0.2) is 49.6 Å². The van der Waals surface area contributed by atoms with E-state index in [0.717, 1.165) is 0 Å². The van der Waals surface area contributed by atoms with Gasteiger partial charge in [0.15, 0.2) is 9.84 Å². The topological polar surface area (TPSA) is 113 Å². The first-order chi connectivity index (χ1) is 9.19. The predicted octanol–water partition coefficient (Wildman–Crippen LogP) is 0.220. The number of carboxylic acid groups (broad SMARTS) is 1. The van der Waals surface area contributed by atoms with Gasteiger partial charge < -0.3 is 15.7 Å². The number of sulfone groups is 1. The van der Waals surface area contributed by atoms with Gasteiger partial charge in [-0.3, -0.25) is 0 Å². The van der Waals surface area contributed by atoms with E-state index in [1.165, 1.54) is 0 Å². The predicted molar refractivity (Wildman–Crippen MR) is 74.2 cm³/mol. The fourth-order valence-corrected chi connectivity index (χ4v) is 4.03. The van der Waals surface area contributed by atoms with Crippen molar-refractivity contribution in [2.75, 3.05) is 18.1 Å². The summed E-state index contributed by atoms with van der Waals surface area (Å²) in [5, 5.41) is 13.9. The second-order valence-electron chi connectivity index (χ2n) is 5.64. The van der Waals surface area contributed by atoms with Gasteiger partial charge in [-0.1, -0.05) is 13.8 Å². The molecule has 1 aliphatic heterocycles. The van der Waals surface area contributed by atoms with Crippen molar-refractivity contribution in [1.82, 2.24) is 10.6 Å². The molecule has 1 saturated heterocycles. The van der Waals surface area contributed by atoms with E-state index >= 15 is 0 Å². The molecule has 1 unspecified atom stereocenters. The zero-order valence-electron chi connectivity index (χ0n) is 11.8. The monoisotopic (exact) mass is 306 g/mol. The standard InChI is InChI=1S/C12H22N2O5S/c1-8(2)5-10(11(15)16)14-12(17)13-6-9-3-4-20(18,19)7-9/h8-10H,3-7H2,1-2H3,(H,15,16)(H2,13,14,17)/t9?,10-/m0/s1. The summed E-state index contributed by atoms with van der Waals surface area (Å²) >= 11 is 0. The molecule has 0 aliphatic carbocycles. The highest BCUT2D eigenvalue weighted by atomic mass is 32.2. The van der Waals surface area contributed by atoms with Crippen molar-refractivity contribution in [2.24, 2.45) is 11.8 Å². The van der Waals surface area contributed by atoms with Gasteiger partial charge in [-0.25, -0.2) is 18.0 Å². The summed E-state index contributed by atoms with van der Waals surface area (Å²) in [4.78, 5) is 22.6. The smallest absolute Gasteiger partial charge is 0.326 e. The molecule has 1 fully saturated rings. The molecule has 116 valence electrons. The van der Waals surface area contributed by atoms with E-state index < -0.39 is 27.9 Å². The molecule has 1 rings (SSSR count). The van der Waals surface area contributed by atoms with Gasteiger partial charge in [0, 0.05) is 6.54 Å². The Hall–Kier alpha value is -1.31. The van der Waals surface area contributed by atoms with Crippen LogP contribution in [0.3, 0.4) is 0 Å². The Morgan fingerprint density at radius 3 is 2.45 bits per heavy atom. The van der Waals surface area contributed by atoms with Crippen molar-refractivity contribution in [3.05, 3.63) is 0 Å². The van der Waals surface area contributed by atoms with E-state index in [2.05, 4.69) is 10.6 Å². The largest absolute Gasteiger partial charge is 0.480 e. The number of amides is 2. The molecule has 0 spiro atoms. The lowest BCUT2D eigenvalue weighted by atomic mass is 10.0. The van der Waals surface area contributed by atoms with Gasteiger partial charge in [0.2, 0.25) is 0 Å². The maximum Gasteiger partial charge on any atom is 0.326 e. The van der Waals surface area contributed by atoms with Gasteiger partial charge in [-0.2, -0.15) is 0 Å². The van der Waals surface area contributed by atoms with E-state index in [1.54, 1.807) is 0 Å². The third kappa shape index (κ3) is 5.77. The van der Waals surface area contributed by atoms with Crippen LogP contribution in [0.5, 0.6) is 0 Å². The van der Waals surface area contributed by atoms with Gasteiger partial charge in [-0.15, -0.1) is 0 Å². The Balaban J connectivity index is 2.37. The average molecular weight is 306 g/mol. The number of nitrogens with one attached hydrogen (secondary N) is 2. The zero-order valence-corrected chi connectivity index (χ0v) is 12.6. The normalized spacial score (nSPS) is 22.4. The van der Waals surface area contributed by atoms with Crippen LogP contribution in [0.2, 0.25) is 0 Å². The molecule has 1 aliphatic rings. The molecule has 0 saturated carbocycles. The first kappa shape index (κ1) is 16.7. The molecular formula is C12H22N2O5S. The van der Waals surface area contributed by atoms with Crippen LogP contribution in [0.15, 0.2) is 0 Å². The summed E-state index contributed by atoms with van der Waals surface area (Å²) in [7, 11) is -2.96. The molecule has 1 heterocycles. The summed E-state index contributed by atoms with van der Waals surface area (Å²) in [6.45, 7) is 4.00. The van der Waals surface area contributed by atoms with Crippen molar-refractivity contribution in [2.45, 2.75) is 32.7 Å². The zero-order chi connectivity index (χ0) is 15.3. The molecule has 0 aromatic carbocycles. The number of carbonyl (C=O) groups is 2. The lowest BCUT2D eigenvalue weighted by Crippen LogP contribution is -2.47. The molecule has 2 amide bonds. The Labute approximate surface area is 119 Å². The highest BCUT2D eigenvalue weighted by Gasteiger charge is 2.28. The molecule has 0 aromatic rings. The SMILES string of the molecule is CC(C)C[C@H](NC(=O)NCC1CCS(=O)(=O)C1)C(=O)O. The van der Waals surface area contributed by atoms with Gasteiger partial charge in [0.1, 0.15) is 6.04 Å². The van der Waals surface area contributed by atoms with Gasteiger partial charge in [-0.05, 0) is 24.7 Å². The number of hydrogen-bond donors (Lipinski definition) is 3. The van der Waals surface area contributed by atoms with E-state index in [0.29, 0.717) is 12.8 Å². The van der Waals surface area contributed by atoms with Gasteiger partial charge in [0.25, 0.3) is 0 Å². The molecule has 0 radical (unpaired) electrons. The molecular weight excluding hydrogens is 284 g/mol. The molecule has 7 nitrogen and oxygen atoms in total. The minimum absolute atomic E-state index is 0.0841. The summed E-state index contributed by atoms with van der Waals surface area (Å²) < 4.78 is 22.5. The molecule has 20 heavy (non-hydrogen) atoms. The van der Waals surface area contributed by atoms with Crippen molar-refractivity contribution in [3.63, 3.8) is 0 Å². The van der Waals surface area contributed by atoms with E-state index in [4.69, 9.17) is 5.11 Å². The number of aliphatic carboxylic acids is 1. The van der Waals surface area contributed by atoms with Crippen LogP contribution in [0, 0.1) is 11.8 Å². The number of carbonyl (C=O) groups excluding carboxylic acids is 1. The second kappa shape index (κ2) is 6.92. The highest BCUT2D eigenvalue weighted by Crippen LogP contribution is 2.17. The number of urea groups is 1. The van der Waals surface area contributed by atoms with Crippen LogP contribution < -0.4 is 10.6 Å². The highest BCUT2D eigenvalue weighted by molar-refractivity contribution is 7.91. The number of rotatable bonds is 6. The molecule has 3 N–H and O–H groups in total. The van der Waals surface area contributed by atoms with Gasteiger partial charge >= 0.3 is 12.0 Å². The van der Waals surface area contributed by atoms with Crippen LogP contribution in [0.4, 0.5) is 4.79 Å². The quantitative estimate of drug-likeness (QED) is 0.650. The molecule has 0 aromatic heterocycles. The summed E-state index contributed by atoms with van der Waals surface area (Å²) in [5.41, 5.74) is 0. The molecule has 8 heteroatoms. The van der Waals surface area contributed by atoms with Crippen molar-refractivity contribution >= 4 is 21.8 Å². The molecule has 2 atom stereocenters. The summed E-state index contributed by atoms with van der Waals surface area (Å²) in [6, 6.07) is -1.50. The van der Waals surface area contributed by atoms with Crippen LogP contribution in [0.25, 0.3) is 0 Å². The summed E-state index contributed by atoms with van der Waals surface area (Å²) in [5.74, 6) is -0.763. The fourth-order valence-electron chi connectivity index (χ4n) is 2.17. The fraction of sp³-hybridized carbons (Fsp3) is 0.833. The van der Waals surface area contributed by atoms with Gasteiger partial charge in [0.05, 0.1) is 11.5 Å². The van der Waals surface area contributed by atoms with E-state index in [9.17, 15) is 18.0 Å². The first-order valence-corrected chi connectivity index (χ1v) is 8.49. The van der Waals surface area contributed by atoms with E-state index in [1.807, 2.05) is 13.8 Å². The third-order valence-electron chi connectivity index (χ3n) is 3.19. The first-order valence-electron chi connectivity index (χ1n) is 6.67. The maximum absolute atomic E-state index is 11.6. The van der Waals surface area contributed by atoms with Crippen molar-refractivity contribution in [3.8, 4) is 0 Å². The van der Waals surface area contributed by atoms with Crippen LogP contribution >= 0.6 is 0 Å². The average Bonchev–Trinajstić information content (AvgIpc) is 2.65. The Morgan fingerprint density at radius 2 is 2.00 bits per heavy atom. The minimum Gasteiger partial charge on any atom is -0.480 e. The number of hydrogen-bond acceptors (Lipinski definition) is 4. The molecule has 0 bridgehead atoms. The summed E-state index contributed by atoms with van der Waals surface area (Å²) in [6.07, 6.45) is 0.886. The van der Waals surface area contributed by atoms with Crippen molar-refractivity contribution < 1.29 is 23.1 Å². The van der Waals surface area contributed by atoms with Crippen LogP contribution in [-0.2, 0) is 14.6 Å². The lowest BCUT2D eigenvalue weighted by molar-refractivity contribution is -0.139. The number of carboxylic acids is 1. The second-order valence-corrected chi connectivity index (χ2v) is 7.87. The Morgan fingerprint density at radius 1 is 1.35 bits per heavy atom. The minimum atomic E-state index is -2.96. The third-order valence-corrected chi connectivity index (χ3v) is 5.03. The van der Waals surface area contributed by atoms with Crippen LogP contribution in [0.1, 0.15) is 26.7 Å². The maximum atomic E-state index is 11.6. The Bertz CT molecular complexity index is 460. The van der Waals surface area contributed by atoms with Crippen molar-refractivity contribution in [1.29, 1.82) is 0 Å². The van der Waals surface area contributed by atoms with E-state index in [-0.39, 0.29) is 29.9 Å². The Kier molecular flexibility index (Phi) is 5.79. The lowest BCUT2D eigenvalue weighted by Gasteiger charge is -2.17.